The van der Waals surface area contributed by atoms with Crippen molar-refractivity contribution in [2.45, 2.75) is 38.6 Å². The summed E-state index contributed by atoms with van der Waals surface area (Å²) in [7, 11) is 1.63. The molecule has 0 bridgehead atoms. The number of carbonyl (C=O) groups is 2. The van der Waals surface area contributed by atoms with Crippen LogP contribution >= 0.6 is 0 Å². The minimum atomic E-state index is -0.0684. The third-order valence-electron chi connectivity index (χ3n) is 6.99. The van der Waals surface area contributed by atoms with Crippen LogP contribution < -0.4 is 9.64 Å². The summed E-state index contributed by atoms with van der Waals surface area (Å²) in [5, 5.41) is 0. The number of piperidine rings is 1. The van der Waals surface area contributed by atoms with Crippen molar-refractivity contribution in [1.29, 1.82) is 0 Å². The first kappa shape index (κ1) is 21.5. The first-order valence-corrected chi connectivity index (χ1v) is 11.7. The molecule has 3 aromatic rings. The Kier molecular flexibility index (Phi) is 5.79. The Morgan fingerprint density at radius 3 is 2.55 bits per heavy atom. The van der Waals surface area contributed by atoms with Gasteiger partial charge in [0.15, 0.2) is 0 Å². The third kappa shape index (κ3) is 4.19. The van der Waals surface area contributed by atoms with Gasteiger partial charge in [0.2, 0.25) is 11.8 Å². The van der Waals surface area contributed by atoms with E-state index < -0.39 is 0 Å². The molecule has 0 aliphatic carbocycles. The highest BCUT2D eigenvalue weighted by Crippen LogP contribution is 2.34. The van der Waals surface area contributed by atoms with Gasteiger partial charge in [0.05, 0.1) is 18.1 Å². The SMILES string of the molecule is COc1ccc(N2C[C@@H](c3nc4ccccc4n3CC(=O)N3CCC(C)CC3)CC2=O)cc1. The molecule has 2 amide bonds. The number of aromatic nitrogens is 2. The van der Waals surface area contributed by atoms with Crippen molar-refractivity contribution in [3.63, 3.8) is 0 Å². The lowest BCUT2D eigenvalue weighted by Gasteiger charge is -2.30. The highest BCUT2D eigenvalue weighted by atomic mass is 16.5. The van der Waals surface area contributed by atoms with E-state index in [1.54, 1.807) is 7.11 Å². The molecule has 0 saturated carbocycles. The number of hydrogen-bond donors (Lipinski definition) is 0. The van der Waals surface area contributed by atoms with Crippen LogP contribution in [0.25, 0.3) is 11.0 Å². The fraction of sp³-hybridized carbons (Fsp3) is 0.423. The number of anilines is 1. The monoisotopic (exact) mass is 446 g/mol. The van der Waals surface area contributed by atoms with E-state index in [1.165, 1.54) is 0 Å². The Labute approximate surface area is 193 Å². The zero-order valence-electron chi connectivity index (χ0n) is 19.2. The summed E-state index contributed by atoms with van der Waals surface area (Å²) >= 11 is 0. The summed E-state index contributed by atoms with van der Waals surface area (Å²) in [6.07, 6.45) is 2.49. The van der Waals surface area contributed by atoms with Crippen molar-refractivity contribution < 1.29 is 14.3 Å². The second kappa shape index (κ2) is 8.89. The predicted molar refractivity (Wildman–Crippen MR) is 127 cm³/mol. The summed E-state index contributed by atoms with van der Waals surface area (Å²) in [6, 6.07) is 15.5. The van der Waals surface area contributed by atoms with Crippen molar-refractivity contribution >= 4 is 28.5 Å². The number of fused-ring (bicyclic) bond motifs is 1. The van der Waals surface area contributed by atoms with Crippen LogP contribution in [0.5, 0.6) is 5.75 Å². The Hall–Kier alpha value is -3.35. The van der Waals surface area contributed by atoms with Crippen molar-refractivity contribution in [3.05, 3.63) is 54.4 Å². The zero-order valence-corrected chi connectivity index (χ0v) is 19.2. The lowest BCUT2D eigenvalue weighted by molar-refractivity contribution is -0.133. The van der Waals surface area contributed by atoms with Crippen LogP contribution in [-0.2, 0) is 16.1 Å². The molecule has 0 spiro atoms. The number of para-hydroxylation sites is 2. The summed E-state index contributed by atoms with van der Waals surface area (Å²) in [4.78, 5) is 34.8. The number of amides is 2. The van der Waals surface area contributed by atoms with Crippen LogP contribution in [0.4, 0.5) is 5.69 Å². The van der Waals surface area contributed by atoms with Crippen LogP contribution in [0.2, 0.25) is 0 Å². The number of likely N-dealkylation sites (tertiary alicyclic amines) is 1. The zero-order chi connectivity index (χ0) is 22.9. The quantitative estimate of drug-likeness (QED) is 0.598. The van der Waals surface area contributed by atoms with Crippen LogP contribution in [0.3, 0.4) is 0 Å². The molecule has 7 nitrogen and oxygen atoms in total. The van der Waals surface area contributed by atoms with Gasteiger partial charge in [0, 0.05) is 37.7 Å². The Morgan fingerprint density at radius 2 is 1.82 bits per heavy atom. The first-order valence-electron chi connectivity index (χ1n) is 11.7. The minimum absolute atomic E-state index is 0.0684. The normalized spacial score (nSPS) is 19.5. The van der Waals surface area contributed by atoms with Gasteiger partial charge in [-0.25, -0.2) is 4.98 Å². The van der Waals surface area contributed by atoms with Gasteiger partial charge in [0.1, 0.15) is 18.1 Å². The van der Waals surface area contributed by atoms with Gasteiger partial charge in [-0.3, -0.25) is 9.59 Å². The fourth-order valence-corrected chi connectivity index (χ4v) is 4.96. The topological polar surface area (TPSA) is 67.7 Å². The number of imidazole rings is 1. The summed E-state index contributed by atoms with van der Waals surface area (Å²) < 4.78 is 7.27. The van der Waals surface area contributed by atoms with Gasteiger partial charge in [-0.1, -0.05) is 19.1 Å². The predicted octanol–water partition coefficient (Wildman–Crippen LogP) is 3.82. The molecular formula is C26H30N4O3. The van der Waals surface area contributed by atoms with Crippen LogP contribution in [0.1, 0.15) is 37.9 Å². The molecule has 1 aromatic heterocycles. The molecule has 3 heterocycles. The lowest BCUT2D eigenvalue weighted by atomic mass is 9.99. The van der Waals surface area contributed by atoms with E-state index in [4.69, 9.17) is 9.72 Å². The van der Waals surface area contributed by atoms with E-state index in [2.05, 4.69) is 6.92 Å². The Bertz CT molecular complexity index is 1160. The van der Waals surface area contributed by atoms with Crippen LogP contribution in [0.15, 0.2) is 48.5 Å². The minimum Gasteiger partial charge on any atom is -0.497 e. The lowest BCUT2D eigenvalue weighted by Crippen LogP contribution is -2.40. The molecule has 7 heteroatoms. The standard InChI is InChI=1S/C26H30N4O3/c1-18-11-13-28(14-12-18)25(32)17-30-23-6-4-3-5-22(23)27-26(30)19-15-24(31)29(16-19)20-7-9-21(33-2)10-8-20/h3-10,18-19H,11-17H2,1-2H3/t19-/m0/s1. The first-order chi connectivity index (χ1) is 16.0. The second-order valence-electron chi connectivity index (χ2n) is 9.21. The molecule has 2 aliphatic rings. The molecule has 0 radical (unpaired) electrons. The van der Waals surface area contributed by atoms with Crippen LogP contribution in [0, 0.1) is 5.92 Å². The van der Waals surface area contributed by atoms with Gasteiger partial charge in [-0.2, -0.15) is 0 Å². The molecule has 0 N–H and O–H groups in total. The van der Waals surface area contributed by atoms with Crippen molar-refractivity contribution in [1.82, 2.24) is 14.5 Å². The molecule has 33 heavy (non-hydrogen) atoms. The number of benzene rings is 2. The van der Waals surface area contributed by atoms with E-state index in [9.17, 15) is 9.59 Å². The largest absolute Gasteiger partial charge is 0.497 e. The average molecular weight is 447 g/mol. The summed E-state index contributed by atoms with van der Waals surface area (Å²) in [6.45, 7) is 4.68. The number of hydrogen-bond acceptors (Lipinski definition) is 4. The summed E-state index contributed by atoms with van der Waals surface area (Å²) in [5.41, 5.74) is 2.66. The van der Waals surface area contributed by atoms with Crippen LogP contribution in [-0.4, -0.2) is 53.0 Å². The average Bonchev–Trinajstić information content (AvgIpc) is 3.40. The molecule has 5 rings (SSSR count). The van der Waals surface area contributed by atoms with E-state index in [1.807, 2.05) is 62.9 Å². The molecule has 2 aliphatic heterocycles. The highest BCUT2D eigenvalue weighted by molar-refractivity contribution is 5.96. The van der Waals surface area contributed by atoms with Crippen molar-refractivity contribution in [3.8, 4) is 5.75 Å². The second-order valence-corrected chi connectivity index (χ2v) is 9.21. The van der Waals surface area contributed by atoms with Gasteiger partial charge in [0.25, 0.3) is 0 Å². The summed E-state index contributed by atoms with van der Waals surface area (Å²) in [5.74, 6) is 2.38. The number of nitrogens with zero attached hydrogens (tertiary/aromatic N) is 4. The molecule has 2 saturated heterocycles. The number of rotatable bonds is 5. The van der Waals surface area contributed by atoms with Gasteiger partial charge < -0.3 is 19.1 Å². The smallest absolute Gasteiger partial charge is 0.242 e. The van der Waals surface area contributed by atoms with Crippen molar-refractivity contribution in [2.24, 2.45) is 5.92 Å². The number of carbonyl (C=O) groups excluding carboxylic acids is 2. The molecular weight excluding hydrogens is 416 g/mol. The molecule has 0 unspecified atom stereocenters. The van der Waals surface area contributed by atoms with E-state index >= 15 is 0 Å². The Morgan fingerprint density at radius 1 is 1.09 bits per heavy atom. The molecule has 1 atom stereocenters. The van der Waals surface area contributed by atoms with E-state index in [0.717, 1.165) is 54.2 Å². The van der Waals surface area contributed by atoms with Crippen molar-refractivity contribution in [2.75, 3.05) is 31.6 Å². The molecule has 2 aromatic carbocycles. The number of ether oxygens (including phenoxy) is 1. The number of methoxy groups -OCH3 is 1. The maximum Gasteiger partial charge on any atom is 0.242 e. The van der Waals surface area contributed by atoms with Gasteiger partial charge in [-0.05, 0) is 55.2 Å². The van der Waals surface area contributed by atoms with E-state index in [-0.39, 0.29) is 24.3 Å². The maximum absolute atomic E-state index is 13.2. The van der Waals surface area contributed by atoms with E-state index in [0.29, 0.717) is 18.9 Å². The maximum atomic E-state index is 13.2. The molecule has 172 valence electrons. The Balaban J connectivity index is 1.42. The molecule has 2 fully saturated rings. The van der Waals surface area contributed by atoms with Gasteiger partial charge >= 0.3 is 0 Å². The third-order valence-corrected chi connectivity index (χ3v) is 6.99. The van der Waals surface area contributed by atoms with Gasteiger partial charge in [-0.15, -0.1) is 0 Å². The highest BCUT2D eigenvalue weighted by Gasteiger charge is 2.35. The fourth-order valence-electron chi connectivity index (χ4n) is 4.96.